The van der Waals surface area contributed by atoms with Gasteiger partial charge in [-0.25, -0.2) is 0 Å². The molecule has 1 aromatic heterocycles. The SMILES string of the molecule is CC(=O)NCCC1CN(Cc2cc3ccc(C)cc3[nH]c2=O)CCO1. The molecule has 6 nitrogen and oxygen atoms in total. The third kappa shape index (κ3) is 4.67. The van der Waals surface area contributed by atoms with Gasteiger partial charge in [-0.05, 0) is 36.4 Å². The Hall–Kier alpha value is -2.18. The number of H-pyrrole nitrogens is 1. The number of carbonyl (C=O) groups is 1. The Kier molecular flexibility index (Phi) is 5.50. The average Bonchev–Trinajstić information content (AvgIpc) is 2.56. The fourth-order valence-corrected chi connectivity index (χ4v) is 3.23. The van der Waals surface area contributed by atoms with Gasteiger partial charge in [0.2, 0.25) is 5.91 Å². The van der Waals surface area contributed by atoms with Crippen molar-refractivity contribution in [3.05, 3.63) is 45.7 Å². The summed E-state index contributed by atoms with van der Waals surface area (Å²) in [6, 6.07) is 8.07. The highest BCUT2D eigenvalue weighted by molar-refractivity contribution is 5.79. The van der Waals surface area contributed by atoms with E-state index in [4.69, 9.17) is 4.74 Å². The van der Waals surface area contributed by atoms with Gasteiger partial charge >= 0.3 is 0 Å². The second kappa shape index (κ2) is 7.80. The third-order valence-electron chi connectivity index (χ3n) is 4.54. The van der Waals surface area contributed by atoms with Crippen LogP contribution in [-0.4, -0.2) is 48.1 Å². The Morgan fingerprint density at radius 1 is 1.40 bits per heavy atom. The summed E-state index contributed by atoms with van der Waals surface area (Å²) in [5, 5.41) is 3.85. The molecule has 1 atom stereocenters. The van der Waals surface area contributed by atoms with Crippen molar-refractivity contribution in [3.8, 4) is 0 Å². The third-order valence-corrected chi connectivity index (χ3v) is 4.54. The first-order chi connectivity index (χ1) is 12.0. The number of aryl methyl sites for hydroxylation is 1. The summed E-state index contributed by atoms with van der Waals surface area (Å²) in [4.78, 5) is 28.6. The summed E-state index contributed by atoms with van der Waals surface area (Å²) in [6.07, 6.45) is 0.867. The van der Waals surface area contributed by atoms with Gasteiger partial charge in [-0.15, -0.1) is 0 Å². The van der Waals surface area contributed by atoms with E-state index < -0.39 is 0 Å². The van der Waals surface area contributed by atoms with Gasteiger partial charge in [-0.2, -0.15) is 0 Å². The predicted octanol–water partition coefficient (Wildman–Crippen LogP) is 1.56. The van der Waals surface area contributed by atoms with E-state index in [0.717, 1.165) is 41.5 Å². The van der Waals surface area contributed by atoms with Gasteiger partial charge in [0.1, 0.15) is 0 Å². The lowest BCUT2D eigenvalue weighted by atomic mass is 10.1. The van der Waals surface area contributed by atoms with Gasteiger partial charge in [-0.3, -0.25) is 14.5 Å². The number of rotatable bonds is 5. The van der Waals surface area contributed by atoms with Crippen LogP contribution in [0.2, 0.25) is 0 Å². The van der Waals surface area contributed by atoms with Crippen molar-refractivity contribution >= 4 is 16.8 Å². The second-order valence-corrected chi connectivity index (χ2v) is 6.71. The quantitative estimate of drug-likeness (QED) is 0.864. The molecule has 1 fully saturated rings. The molecule has 2 aromatic rings. The van der Waals surface area contributed by atoms with Crippen LogP contribution >= 0.6 is 0 Å². The Balaban J connectivity index is 1.66. The van der Waals surface area contributed by atoms with Crippen molar-refractivity contribution in [3.63, 3.8) is 0 Å². The van der Waals surface area contributed by atoms with Crippen LogP contribution in [0.1, 0.15) is 24.5 Å². The molecular weight excluding hydrogens is 318 g/mol. The maximum atomic E-state index is 12.4. The zero-order valence-corrected chi connectivity index (χ0v) is 14.8. The van der Waals surface area contributed by atoms with Gasteiger partial charge < -0.3 is 15.0 Å². The molecule has 0 bridgehead atoms. The van der Waals surface area contributed by atoms with Gasteiger partial charge in [0, 0.05) is 44.2 Å². The molecule has 0 aliphatic carbocycles. The van der Waals surface area contributed by atoms with E-state index in [0.29, 0.717) is 19.7 Å². The number of ether oxygens (including phenoxy) is 1. The number of pyridine rings is 1. The minimum atomic E-state index is -0.0283. The molecule has 0 saturated carbocycles. The van der Waals surface area contributed by atoms with Crippen LogP contribution in [0.3, 0.4) is 0 Å². The highest BCUT2D eigenvalue weighted by Crippen LogP contribution is 2.15. The van der Waals surface area contributed by atoms with Gasteiger partial charge in [0.05, 0.1) is 12.7 Å². The number of carbonyl (C=O) groups excluding carboxylic acids is 1. The molecule has 1 unspecified atom stereocenters. The van der Waals surface area contributed by atoms with Crippen LogP contribution in [0, 0.1) is 6.92 Å². The normalized spacial score (nSPS) is 18.4. The van der Waals surface area contributed by atoms with Crippen LogP contribution in [0.5, 0.6) is 0 Å². The summed E-state index contributed by atoms with van der Waals surface area (Å²) in [5.74, 6) is -0.0226. The number of amides is 1. The first-order valence-electron chi connectivity index (χ1n) is 8.72. The summed E-state index contributed by atoms with van der Waals surface area (Å²) < 4.78 is 5.76. The number of aromatic nitrogens is 1. The molecule has 2 heterocycles. The molecule has 1 aliphatic rings. The number of nitrogens with zero attached hydrogens (tertiary/aromatic N) is 1. The van der Waals surface area contributed by atoms with Crippen LogP contribution in [-0.2, 0) is 16.1 Å². The lowest BCUT2D eigenvalue weighted by Gasteiger charge is -2.32. The highest BCUT2D eigenvalue weighted by Gasteiger charge is 2.21. The Morgan fingerprint density at radius 2 is 2.24 bits per heavy atom. The number of hydrogen-bond acceptors (Lipinski definition) is 4. The molecule has 25 heavy (non-hydrogen) atoms. The van der Waals surface area contributed by atoms with Crippen molar-refractivity contribution < 1.29 is 9.53 Å². The molecule has 0 radical (unpaired) electrons. The number of aromatic amines is 1. The molecule has 134 valence electrons. The van der Waals surface area contributed by atoms with Crippen molar-refractivity contribution in [2.75, 3.05) is 26.2 Å². The molecule has 2 N–H and O–H groups in total. The first-order valence-corrected chi connectivity index (χ1v) is 8.72. The Morgan fingerprint density at radius 3 is 3.04 bits per heavy atom. The van der Waals surface area contributed by atoms with Crippen LogP contribution in [0.25, 0.3) is 10.9 Å². The second-order valence-electron chi connectivity index (χ2n) is 6.71. The summed E-state index contributed by atoms with van der Waals surface area (Å²) in [6.45, 7) is 6.98. The number of benzene rings is 1. The topological polar surface area (TPSA) is 74.4 Å². The zero-order chi connectivity index (χ0) is 17.8. The fourth-order valence-electron chi connectivity index (χ4n) is 3.23. The van der Waals surface area contributed by atoms with Crippen molar-refractivity contribution in [1.82, 2.24) is 15.2 Å². The minimum Gasteiger partial charge on any atom is -0.375 e. The highest BCUT2D eigenvalue weighted by atomic mass is 16.5. The number of hydrogen-bond donors (Lipinski definition) is 2. The lowest BCUT2D eigenvalue weighted by molar-refractivity contribution is -0.119. The number of fused-ring (bicyclic) bond motifs is 1. The smallest absolute Gasteiger partial charge is 0.252 e. The molecule has 6 heteroatoms. The Bertz CT molecular complexity index is 815. The van der Waals surface area contributed by atoms with Gasteiger partial charge in [0.25, 0.3) is 5.56 Å². The van der Waals surface area contributed by atoms with E-state index >= 15 is 0 Å². The lowest BCUT2D eigenvalue weighted by Crippen LogP contribution is -2.43. The summed E-state index contributed by atoms with van der Waals surface area (Å²) in [7, 11) is 0. The standard InChI is InChI=1S/C19H25N3O3/c1-13-3-4-15-10-16(19(24)21-18(15)9-13)11-22-7-8-25-17(12-22)5-6-20-14(2)23/h3-4,9-10,17H,5-8,11-12H2,1-2H3,(H,20,23)(H,21,24). The zero-order valence-electron chi connectivity index (χ0n) is 14.8. The van der Waals surface area contributed by atoms with E-state index in [1.54, 1.807) is 0 Å². The fraction of sp³-hybridized carbons (Fsp3) is 0.474. The number of nitrogens with one attached hydrogen (secondary N) is 2. The molecule has 1 aromatic carbocycles. The first kappa shape index (κ1) is 17.6. The summed E-state index contributed by atoms with van der Waals surface area (Å²) >= 11 is 0. The van der Waals surface area contributed by atoms with E-state index in [-0.39, 0.29) is 17.6 Å². The van der Waals surface area contributed by atoms with Crippen molar-refractivity contribution in [2.45, 2.75) is 32.9 Å². The molecule has 1 aliphatic heterocycles. The maximum absolute atomic E-state index is 12.4. The van der Waals surface area contributed by atoms with Crippen molar-refractivity contribution in [2.24, 2.45) is 0 Å². The largest absolute Gasteiger partial charge is 0.375 e. The average molecular weight is 343 g/mol. The maximum Gasteiger partial charge on any atom is 0.252 e. The predicted molar refractivity (Wildman–Crippen MR) is 97.6 cm³/mol. The van der Waals surface area contributed by atoms with Crippen LogP contribution in [0.15, 0.2) is 29.1 Å². The molecule has 0 spiro atoms. The van der Waals surface area contributed by atoms with Crippen molar-refractivity contribution in [1.29, 1.82) is 0 Å². The molecule has 1 amide bonds. The van der Waals surface area contributed by atoms with E-state index in [1.165, 1.54) is 6.92 Å². The number of morpholine rings is 1. The van der Waals surface area contributed by atoms with E-state index in [2.05, 4.69) is 21.3 Å². The van der Waals surface area contributed by atoms with Crippen LogP contribution in [0.4, 0.5) is 0 Å². The monoisotopic (exact) mass is 343 g/mol. The molecule has 3 rings (SSSR count). The Labute approximate surface area is 147 Å². The van der Waals surface area contributed by atoms with E-state index in [1.807, 2.05) is 25.1 Å². The summed E-state index contributed by atoms with van der Waals surface area (Å²) in [5.41, 5.74) is 2.76. The molecular formula is C19H25N3O3. The van der Waals surface area contributed by atoms with Crippen LogP contribution < -0.4 is 10.9 Å². The minimum absolute atomic E-state index is 0.0226. The van der Waals surface area contributed by atoms with Gasteiger partial charge in [0.15, 0.2) is 0 Å². The van der Waals surface area contributed by atoms with E-state index in [9.17, 15) is 9.59 Å². The van der Waals surface area contributed by atoms with Gasteiger partial charge in [-0.1, -0.05) is 12.1 Å². The molecule has 1 saturated heterocycles.